The normalized spacial score (nSPS) is 10.1. The van der Waals surface area contributed by atoms with Crippen LogP contribution in [0.2, 0.25) is 0 Å². The van der Waals surface area contributed by atoms with Crippen molar-refractivity contribution in [3.8, 4) is 5.75 Å². The molecule has 0 unspecified atom stereocenters. The van der Waals surface area contributed by atoms with Crippen molar-refractivity contribution in [3.63, 3.8) is 0 Å². The van der Waals surface area contributed by atoms with Crippen LogP contribution in [0.4, 0.5) is 4.39 Å². The molecule has 0 saturated heterocycles. The Labute approximate surface area is 87.8 Å². The number of carbonyl (C=O) groups excluding carboxylic acids is 1. The molecule has 0 radical (unpaired) electrons. The average molecular weight is 212 g/mol. The number of rotatable bonds is 5. The smallest absolute Gasteiger partial charge is 0.165 e. The third kappa shape index (κ3) is 3.02. The number of aldehydes is 1. The number of hydrogen-bond donors (Lipinski definition) is 0. The Morgan fingerprint density at radius 2 is 2.13 bits per heavy atom. The monoisotopic (exact) mass is 212 g/mol. The Balaban J connectivity index is 2.80. The molecule has 0 bridgehead atoms. The number of hydrogen-bond acceptors (Lipinski definition) is 3. The van der Waals surface area contributed by atoms with Gasteiger partial charge in [0.1, 0.15) is 12.9 Å². The van der Waals surface area contributed by atoms with Gasteiger partial charge in [0.05, 0.1) is 6.61 Å². The van der Waals surface area contributed by atoms with E-state index in [1.54, 1.807) is 14.0 Å². The first-order valence-corrected chi connectivity index (χ1v) is 4.56. The van der Waals surface area contributed by atoms with Crippen molar-refractivity contribution in [1.82, 2.24) is 0 Å². The minimum absolute atomic E-state index is 0.148. The first-order chi connectivity index (χ1) is 7.19. The fraction of sp³-hybridized carbons (Fsp3) is 0.364. The van der Waals surface area contributed by atoms with E-state index in [1.807, 2.05) is 0 Å². The lowest BCUT2D eigenvalue weighted by Gasteiger charge is -2.08. The number of halogens is 1. The molecule has 0 atom stereocenters. The summed E-state index contributed by atoms with van der Waals surface area (Å²) in [5, 5.41) is 0. The Morgan fingerprint density at radius 1 is 1.40 bits per heavy atom. The second kappa shape index (κ2) is 5.46. The van der Waals surface area contributed by atoms with E-state index < -0.39 is 5.82 Å². The molecule has 0 fully saturated rings. The largest absolute Gasteiger partial charge is 0.488 e. The first-order valence-electron chi connectivity index (χ1n) is 4.56. The lowest BCUT2D eigenvalue weighted by Crippen LogP contribution is -2.06. The van der Waals surface area contributed by atoms with Crippen molar-refractivity contribution in [2.24, 2.45) is 0 Å². The Bertz CT molecular complexity index is 350. The van der Waals surface area contributed by atoms with Crippen molar-refractivity contribution in [3.05, 3.63) is 29.1 Å². The van der Waals surface area contributed by atoms with E-state index in [4.69, 9.17) is 9.47 Å². The highest BCUT2D eigenvalue weighted by atomic mass is 19.1. The van der Waals surface area contributed by atoms with Gasteiger partial charge >= 0.3 is 0 Å². The van der Waals surface area contributed by atoms with Crippen LogP contribution < -0.4 is 4.74 Å². The van der Waals surface area contributed by atoms with Crippen molar-refractivity contribution < 1.29 is 18.7 Å². The lowest BCUT2D eigenvalue weighted by atomic mass is 10.1. The zero-order chi connectivity index (χ0) is 11.3. The van der Waals surface area contributed by atoms with Gasteiger partial charge in [-0.25, -0.2) is 4.39 Å². The predicted molar refractivity (Wildman–Crippen MR) is 53.9 cm³/mol. The van der Waals surface area contributed by atoms with Crippen LogP contribution in [-0.4, -0.2) is 26.6 Å². The van der Waals surface area contributed by atoms with E-state index in [-0.39, 0.29) is 12.4 Å². The van der Waals surface area contributed by atoms with E-state index in [9.17, 15) is 9.18 Å². The molecule has 0 N–H and O–H groups in total. The molecule has 1 aromatic rings. The maximum Gasteiger partial charge on any atom is 0.165 e. The molecule has 1 aromatic carbocycles. The van der Waals surface area contributed by atoms with E-state index in [0.29, 0.717) is 24.0 Å². The predicted octanol–water partition coefficient (Wildman–Crippen LogP) is 1.97. The van der Waals surface area contributed by atoms with Crippen LogP contribution in [0.3, 0.4) is 0 Å². The summed E-state index contributed by atoms with van der Waals surface area (Å²) in [7, 11) is 1.54. The fourth-order valence-corrected chi connectivity index (χ4v) is 1.14. The number of carbonyl (C=O) groups is 1. The molecule has 0 aliphatic rings. The van der Waals surface area contributed by atoms with Crippen LogP contribution in [0.15, 0.2) is 12.1 Å². The minimum Gasteiger partial charge on any atom is -0.488 e. The summed E-state index contributed by atoms with van der Waals surface area (Å²) in [4.78, 5) is 10.5. The maximum atomic E-state index is 13.3. The van der Waals surface area contributed by atoms with Gasteiger partial charge in [0.2, 0.25) is 0 Å². The summed E-state index contributed by atoms with van der Waals surface area (Å²) < 4.78 is 23.2. The summed E-state index contributed by atoms with van der Waals surface area (Å²) >= 11 is 0. The van der Waals surface area contributed by atoms with Crippen LogP contribution in [0.25, 0.3) is 0 Å². The van der Waals surface area contributed by atoms with Gasteiger partial charge in [-0.2, -0.15) is 0 Å². The minimum atomic E-state index is -0.529. The Kier molecular flexibility index (Phi) is 4.24. The van der Waals surface area contributed by atoms with Gasteiger partial charge in [-0.1, -0.05) is 0 Å². The van der Waals surface area contributed by atoms with Crippen LogP contribution in [-0.2, 0) is 4.74 Å². The number of ether oxygens (including phenoxy) is 2. The quantitative estimate of drug-likeness (QED) is 0.553. The first kappa shape index (κ1) is 11.7. The van der Waals surface area contributed by atoms with E-state index in [2.05, 4.69) is 0 Å². The molecule has 15 heavy (non-hydrogen) atoms. The van der Waals surface area contributed by atoms with E-state index >= 15 is 0 Å². The summed E-state index contributed by atoms with van der Waals surface area (Å²) in [5.74, 6) is -0.381. The number of aryl methyl sites for hydroxylation is 1. The van der Waals surface area contributed by atoms with Crippen LogP contribution >= 0.6 is 0 Å². The zero-order valence-corrected chi connectivity index (χ0v) is 8.75. The SMILES string of the molecule is COCCOc1cc(C)c(C=O)cc1F. The molecule has 3 nitrogen and oxygen atoms in total. The fourth-order valence-electron chi connectivity index (χ4n) is 1.14. The Morgan fingerprint density at radius 3 is 2.73 bits per heavy atom. The molecule has 0 aliphatic heterocycles. The van der Waals surface area contributed by atoms with E-state index in [1.165, 1.54) is 12.1 Å². The molecular formula is C11H13FO3. The van der Waals surface area contributed by atoms with Crippen LogP contribution in [0.5, 0.6) is 5.75 Å². The second-order valence-corrected chi connectivity index (χ2v) is 3.10. The molecule has 0 heterocycles. The van der Waals surface area contributed by atoms with Gasteiger partial charge in [-0.3, -0.25) is 4.79 Å². The summed E-state index contributed by atoms with van der Waals surface area (Å²) in [6.07, 6.45) is 0.622. The third-order valence-electron chi connectivity index (χ3n) is 1.99. The van der Waals surface area contributed by atoms with Gasteiger partial charge < -0.3 is 9.47 Å². The van der Waals surface area contributed by atoms with Gasteiger partial charge in [0.25, 0.3) is 0 Å². The molecule has 4 heteroatoms. The van der Waals surface area contributed by atoms with Crippen molar-refractivity contribution in [2.45, 2.75) is 6.92 Å². The Hall–Kier alpha value is -1.42. The van der Waals surface area contributed by atoms with Gasteiger partial charge in [0.15, 0.2) is 11.6 Å². The van der Waals surface area contributed by atoms with Gasteiger partial charge in [-0.15, -0.1) is 0 Å². The van der Waals surface area contributed by atoms with Gasteiger partial charge in [-0.05, 0) is 24.6 Å². The van der Waals surface area contributed by atoms with Crippen LogP contribution in [0.1, 0.15) is 15.9 Å². The molecule has 0 aromatic heterocycles. The van der Waals surface area contributed by atoms with Crippen molar-refractivity contribution in [1.29, 1.82) is 0 Å². The maximum absolute atomic E-state index is 13.3. The molecular weight excluding hydrogens is 199 g/mol. The van der Waals surface area contributed by atoms with Crippen molar-refractivity contribution in [2.75, 3.05) is 20.3 Å². The molecule has 1 rings (SSSR count). The second-order valence-electron chi connectivity index (χ2n) is 3.10. The lowest BCUT2D eigenvalue weighted by molar-refractivity contribution is 0.112. The summed E-state index contributed by atoms with van der Waals surface area (Å²) in [6.45, 7) is 2.41. The number of methoxy groups -OCH3 is 1. The molecule has 82 valence electrons. The highest BCUT2D eigenvalue weighted by molar-refractivity contribution is 5.77. The summed E-state index contributed by atoms with van der Waals surface area (Å²) in [5.41, 5.74) is 1.03. The molecule has 0 amide bonds. The van der Waals surface area contributed by atoms with Crippen molar-refractivity contribution >= 4 is 6.29 Å². The van der Waals surface area contributed by atoms with E-state index in [0.717, 1.165) is 0 Å². The highest BCUT2D eigenvalue weighted by Gasteiger charge is 2.07. The number of benzene rings is 1. The van der Waals surface area contributed by atoms with Gasteiger partial charge in [0, 0.05) is 12.7 Å². The third-order valence-corrected chi connectivity index (χ3v) is 1.99. The van der Waals surface area contributed by atoms with Crippen LogP contribution in [0, 0.1) is 12.7 Å². The summed E-state index contributed by atoms with van der Waals surface area (Å²) in [6, 6.07) is 2.68. The standard InChI is InChI=1S/C11H13FO3/c1-8-5-11(15-4-3-14-2)10(12)6-9(8)7-13/h5-7H,3-4H2,1-2H3. The average Bonchev–Trinajstić information content (AvgIpc) is 2.23. The molecule has 0 saturated carbocycles. The molecule has 0 spiro atoms. The highest BCUT2D eigenvalue weighted by Crippen LogP contribution is 2.21. The molecule has 0 aliphatic carbocycles. The zero-order valence-electron chi connectivity index (χ0n) is 8.75. The topological polar surface area (TPSA) is 35.5 Å².